The summed E-state index contributed by atoms with van der Waals surface area (Å²) < 4.78 is 45.6. The van der Waals surface area contributed by atoms with Crippen LogP contribution < -0.4 is 14.9 Å². The Kier molecular flexibility index (Phi) is 11.6. The number of phenols is 3. The molecule has 20 nitrogen and oxygen atoms in total. The first-order valence-electron chi connectivity index (χ1n) is 16.8. The number of benzene rings is 2. The van der Waals surface area contributed by atoms with Gasteiger partial charge in [0.05, 0.1) is 25.9 Å². The summed E-state index contributed by atoms with van der Waals surface area (Å²) in [6.45, 7) is 2.09. The number of fused-ring (bicyclic) bond motifs is 1. The first kappa shape index (κ1) is 39.8. The average molecular weight is 771 g/mol. The van der Waals surface area contributed by atoms with Crippen molar-refractivity contribution in [1.82, 2.24) is 0 Å². The minimum atomic E-state index is -2.02. The van der Waals surface area contributed by atoms with Crippen LogP contribution in [0.25, 0.3) is 22.3 Å². The predicted molar refractivity (Wildman–Crippen MR) is 176 cm³/mol. The molecule has 11 N–H and O–H groups in total. The molecular formula is C34H42O20. The van der Waals surface area contributed by atoms with Crippen LogP contribution in [0.4, 0.5) is 0 Å². The molecule has 15 atom stereocenters. The predicted octanol–water partition coefficient (Wildman–Crippen LogP) is -2.53. The molecule has 0 amide bonds. The maximum Gasteiger partial charge on any atom is 0.239 e. The van der Waals surface area contributed by atoms with E-state index in [2.05, 4.69) is 0 Å². The van der Waals surface area contributed by atoms with Gasteiger partial charge in [-0.3, -0.25) is 4.79 Å². The maximum atomic E-state index is 14.2. The summed E-state index contributed by atoms with van der Waals surface area (Å²) in [4.78, 5) is 14.2. The van der Waals surface area contributed by atoms with Crippen LogP contribution in [0.5, 0.6) is 28.7 Å². The number of methoxy groups -OCH3 is 1. The molecule has 6 rings (SSSR count). The average Bonchev–Trinajstić information content (AvgIpc) is 3.13. The third-order valence-corrected chi connectivity index (χ3v) is 9.57. The molecule has 2 aromatic carbocycles. The molecule has 20 heteroatoms. The third-order valence-electron chi connectivity index (χ3n) is 9.57. The van der Waals surface area contributed by atoms with Crippen LogP contribution in [0, 0.1) is 0 Å². The van der Waals surface area contributed by atoms with Crippen LogP contribution in [0.2, 0.25) is 0 Å². The number of hydrogen-bond donors (Lipinski definition) is 11. The fraction of sp³-hybridized carbons (Fsp3) is 0.559. The summed E-state index contributed by atoms with van der Waals surface area (Å²) in [5.41, 5.74) is -1.31. The van der Waals surface area contributed by atoms with Crippen LogP contribution in [0.1, 0.15) is 13.8 Å². The highest BCUT2D eigenvalue weighted by Crippen LogP contribution is 2.40. The van der Waals surface area contributed by atoms with Crippen molar-refractivity contribution in [1.29, 1.82) is 0 Å². The van der Waals surface area contributed by atoms with Gasteiger partial charge in [0.15, 0.2) is 35.9 Å². The second-order valence-electron chi connectivity index (χ2n) is 13.3. The Morgan fingerprint density at radius 3 is 1.96 bits per heavy atom. The molecule has 3 aromatic rings. The molecule has 1 aromatic heterocycles. The molecule has 0 bridgehead atoms. The van der Waals surface area contributed by atoms with E-state index in [1.165, 1.54) is 39.2 Å². The van der Waals surface area contributed by atoms with E-state index in [1.54, 1.807) is 0 Å². The topological polar surface area (TPSA) is 317 Å². The standard InChI is InChI=1S/C34H42O20/c1-10-20(38)24(42)27(45)32(49-10)48-9-18-22(40)26(44)31(54-33-28(46)25(43)21(39)11(2)50-33)34(52-18)53-30-23(41)19-15(37)7-13(35)8-17(19)51-29(30)12-4-5-14(36)16(6-12)47-3/h4-8,10-11,18,20-22,24-28,31-40,42-46H,9H2,1-3H3/t10-,11+,18+,20-,21-,22+,24+,25+,26-,27+,28+,31+,32+,33+,34-/m0/s1. The van der Waals surface area contributed by atoms with E-state index in [4.69, 9.17) is 37.6 Å². The lowest BCUT2D eigenvalue weighted by atomic mass is 9.97. The zero-order valence-corrected chi connectivity index (χ0v) is 28.8. The van der Waals surface area contributed by atoms with E-state index in [1.807, 2.05) is 0 Å². The van der Waals surface area contributed by atoms with Gasteiger partial charge in [-0.1, -0.05) is 0 Å². The second kappa shape index (κ2) is 15.7. The molecule has 3 aliphatic rings. The molecule has 298 valence electrons. The first-order valence-corrected chi connectivity index (χ1v) is 16.8. The zero-order chi connectivity index (χ0) is 39.3. The van der Waals surface area contributed by atoms with Crippen molar-refractivity contribution >= 4 is 11.0 Å². The number of aliphatic hydroxyl groups excluding tert-OH is 8. The molecule has 0 saturated carbocycles. The molecule has 0 spiro atoms. The Labute approximate surface area is 305 Å². The smallest absolute Gasteiger partial charge is 0.239 e. The number of ether oxygens (including phenoxy) is 7. The lowest BCUT2D eigenvalue weighted by Crippen LogP contribution is -2.65. The lowest BCUT2D eigenvalue weighted by Gasteiger charge is -2.46. The molecule has 3 fully saturated rings. The van der Waals surface area contributed by atoms with E-state index in [-0.39, 0.29) is 28.4 Å². The van der Waals surface area contributed by atoms with Crippen molar-refractivity contribution in [3.05, 3.63) is 40.6 Å². The lowest BCUT2D eigenvalue weighted by molar-refractivity contribution is -0.360. The van der Waals surface area contributed by atoms with Gasteiger partial charge < -0.3 is 93.7 Å². The fourth-order valence-electron chi connectivity index (χ4n) is 6.40. The van der Waals surface area contributed by atoms with Crippen molar-refractivity contribution in [2.24, 2.45) is 0 Å². The highest BCUT2D eigenvalue weighted by Gasteiger charge is 2.52. The molecule has 0 unspecified atom stereocenters. The Morgan fingerprint density at radius 2 is 1.31 bits per heavy atom. The van der Waals surface area contributed by atoms with E-state index < -0.39 is 127 Å². The van der Waals surface area contributed by atoms with E-state index in [0.29, 0.717) is 0 Å². The second-order valence-corrected chi connectivity index (χ2v) is 13.3. The van der Waals surface area contributed by atoms with Crippen molar-refractivity contribution in [2.75, 3.05) is 13.7 Å². The zero-order valence-electron chi connectivity index (χ0n) is 28.8. The van der Waals surface area contributed by atoms with Gasteiger partial charge in [0.1, 0.15) is 77.4 Å². The van der Waals surface area contributed by atoms with Gasteiger partial charge in [0.2, 0.25) is 17.5 Å². The van der Waals surface area contributed by atoms with Crippen LogP contribution in [-0.4, -0.2) is 162 Å². The first-order chi connectivity index (χ1) is 25.5. The quantitative estimate of drug-likeness (QED) is 0.107. The highest BCUT2D eigenvalue weighted by molar-refractivity contribution is 5.88. The van der Waals surface area contributed by atoms with E-state index >= 15 is 0 Å². The molecule has 54 heavy (non-hydrogen) atoms. The maximum absolute atomic E-state index is 14.2. The summed E-state index contributed by atoms with van der Waals surface area (Å²) >= 11 is 0. The van der Waals surface area contributed by atoms with Gasteiger partial charge in [-0.15, -0.1) is 0 Å². The molecule has 0 radical (unpaired) electrons. The summed E-state index contributed by atoms with van der Waals surface area (Å²) in [7, 11) is 1.26. The van der Waals surface area contributed by atoms with Gasteiger partial charge in [0, 0.05) is 17.7 Å². The number of aromatic hydroxyl groups is 3. The Balaban J connectivity index is 1.41. The highest BCUT2D eigenvalue weighted by atomic mass is 16.8. The monoisotopic (exact) mass is 770 g/mol. The van der Waals surface area contributed by atoms with Crippen molar-refractivity contribution < 1.29 is 93.7 Å². The van der Waals surface area contributed by atoms with Gasteiger partial charge >= 0.3 is 0 Å². The van der Waals surface area contributed by atoms with E-state index in [0.717, 1.165) is 12.1 Å². The van der Waals surface area contributed by atoms with Crippen LogP contribution in [0.3, 0.4) is 0 Å². The summed E-state index contributed by atoms with van der Waals surface area (Å²) in [6.07, 6.45) is -24.9. The number of rotatable bonds is 9. The Morgan fingerprint density at radius 1 is 0.685 bits per heavy atom. The summed E-state index contributed by atoms with van der Waals surface area (Å²) in [6, 6.07) is 5.69. The SMILES string of the molecule is COc1cc(-c2oc3cc(O)cc(O)c3c(=O)c2O[C@@H]2O[C@H](CO[C@@H]3O[C@@H](C)[C@H](O)[C@@H](O)[C@H]3O)[C@@H](O)[C@H](O)[C@H]2O[C@H]2O[C@H](C)[C@H](O)[C@@H](O)[C@H]2O)ccc1O. The molecule has 0 aliphatic carbocycles. The third kappa shape index (κ3) is 7.41. The van der Waals surface area contributed by atoms with Crippen molar-refractivity contribution in [2.45, 2.75) is 106 Å². The van der Waals surface area contributed by atoms with Crippen LogP contribution in [0.15, 0.2) is 39.5 Å². The minimum absolute atomic E-state index is 0.0468. The molecule has 3 aliphatic heterocycles. The Bertz CT molecular complexity index is 1850. The van der Waals surface area contributed by atoms with Gasteiger partial charge in [-0.25, -0.2) is 0 Å². The normalized spacial score (nSPS) is 37.3. The van der Waals surface area contributed by atoms with Crippen molar-refractivity contribution in [3.63, 3.8) is 0 Å². The van der Waals surface area contributed by atoms with Crippen molar-refractivity contribution in [3.8, 4) is 40.1 Å². The number of aliphatic hydroxyl groups is 8. The summed E-state index contributed by atoms with van der Waals surface area (Å²) in [5, 5.41) is 115. The molecular weight excluding hydrogens is 728 g/mol. The molecule has 3 saturated heterocycles. The van der Waals surface area contributed by atoms with E-state index in [9.17, 15) is 61.0 Å². The molecule has 4 heterocycles. The summed E-state index contributed by atoms with van der Waals surface area (Å²) in [5.74, 6) is -2.63. The van der Waals surface area contributed by atoms with Crippen LogP contribution in [-0.2, 0) is 23.7 Å². The van der Waals surface area contributed by atoms with Gasteiger partial charge in [-0.2, -0.15) is 0 Å². The van der Waals surface area contributed by atoms with Gasteiger partial charge in [-0.05, 0) is 32.0 Å². The largest absolute Gasteiger partial charge is 0.508 e. The number of phenolic OH excluding ortho intramolecular Hbond substituents is 3. The minimum Gasteiger partial charge on any atom is -0.508 e. The van der Waals surface area contributed by atoms with Gasteiger partial charge in [0.25, 0.3) is 0 Å². The Hall–Kier alpha value is -3.87. The number of hydrogen-bond acceptors (Lipinski definition) is 20. The van der Waals surface area contributed by atoms with Crippen LogP contribution >= 0.6 is 0 Å². The fourth-order valence-corrected chi connectivity index (χ4v) is 6.40.